The van der Waals surface area contributed by atoms with Crippen LogP contribution in [0.15, 0.2) is 41.6 Å². The van der Waals surface area contributed by atoms with Gasteiger partial charge in [0.1, 0.15) is 10.5 Å². The Balaban J connectivity index is 1.64. The summed E-state index contributed by atoms with van der Waals surface area (Å²) in [5.74, 6) is 0.0133. The minimum Gasteiger partial charge on any atom is -0.338 e. The van der Waals surface area contributed by atoms with Crippen molar-refractivity contribution in [2.24, 2.45) is 0 Å². The smallest absolute Gasteiger partial charge is 0.278 e. The van der Waals surface area contributed by atoms with Crippen LogP contribution in [0.25, 0.3) is 22.3 Å². The van der Waals surface area contributed by atoms with Gasteiger partial charge in [-0.2, -0.15) is 14.9 Å². The third-order valence-electron chi connectivity index (χ3n) is 4.77. The van der Waals surface area contributed by atoms with Crippen molar-refractivity contribution in [3.63, 3.8) is 0 Å². The number of alkyl halides is 2. The summed E-state index contributed by atoms with van der Waals surface area (Å²) in [4.78, 5) is 10.8. The number of H-pyrrole nitrogens is 1. The summed E-state index contributed by atoms with van der Waals surface area (Å²) < 4.78 is 72.0. The molecule has 0 saturated carbocycles. The van der Waals surface area contributed by atoms with Crippen LogP contribution >= 0.6 is 10.6 Å². The number of sulfonamides is 1. The van der Waals surface area contributed by atoms with E-state index in [1.165, 1.54) is 34.9 Å². The first kappa shape index (κ1) is 20.2. The van der Waals surface area contributed by atoms with E-state index in [-0.39, 0.29) is 35.2 Å². The zero-order chi connectivity index (χ0) is 20.8. The summed E-state index contributed by atoms with van der Waals surface area (Å²) in [6.45, 7) is 0.0499. The zero-order valence-electron chi connectivity index (χ0n) is 15.0. The fraction of sp³-hybridized carbons (Fsp3) is 0.294. The largest absolute Gasteiger partial charge is 0.338 e. The molecule has 29 heavy (non-hydrogen) atoms. The van der Waals surface area contributed by atoms with Gasteiger partial charge in [-0.15, -0.1) is 0 Å². The van der Waals surface area contributed by atoms with E-state index in [9.17, 15) is 26.3 Å². The quantitative estimate of drug-likeness (QED) is 0.568. The Morgan fingerprint density at radius 1 is 1.14 bits per heavy atom. The van der Waals surface area contributed by atoms with Gasteiger partial charge in [0.25, 0.3) is 6.43 Å². The lowest BCUT2D eigenvalue weighted by Crippen LogP contribution is -2.42. The molecule has 1 saturated heterocycles. The Bertz CT molecular complexity index is 1140. The molecular weight excluding hydrogens is 426 g/mol. The highest BCUT2D eigenvalue weighted by atomic mass is 32.3. The van der Waals surface area contributed by atoms with E-state index in [2.05, 4.69) is 15.0 Å². The first-order chi connectivity index (χ1) is 13.7. The van der Waals surface area contributed by atoms with Crippen molar-refractivity contribution >= 4 is 31.6 Å². The second-order valence-electron chi connectivity index (χ2n) is 6.64. The second-order valence-corrected chi connectivity index (χ2v) is 11.0. The Kier molecular flexibility index (Phi) is 5.07. The molecule has 0 atom stereocenters. The fourth-order valence-electron chi connectivity index (χ4n) is 3.18. The van der Waals surface area contributed by atoms with Crippen LogP contribution in [0, 0.1) is 0 Å². The van der Waals surface area contributed by atoms with E-state index in [0.29, 0.717) is 22.3 Å². The van der Waals surface area contributed by atoms with Gasteiger partial charge >= 0.3 is 0 Å². The number of nitrogens with zero attached hydrogens (tertiary/aromatic N) is 3. The van der Waals surface area contributed by atoms with Crippen molar-refractivity contribution in [1.29, 1.82) is 0 Å². The highest BCUT2D eigenvalue weighted by Crippen LogP contribution is 2.41. The number of fused-ring (bicyclic) bond motifs is 1. The van der Waals surface area contributed by atoms with Gasteiger partial charge < -0.3 is 4.98 Å². The van der Waals surface area contributed by atoms with Crippen LogP contribution in [0.1, 0.15) is 12.1 Å². The van der Waals surface area contributed by atoms with E-state index in [1.54, 1.807) is 6.07 Å². The molecular formula is C17H18F2N4O4S2. The Labute approximate surface area is 167 Å². The number of nitrogens with one attached hydrogen (secondary N) is 1. The molecule has 0 aliphatic carbocycles. The lowest BCUT2D eigenvalue weighted by atomic mass is 10.1. The van der Waals surface area contributed by atoms with Crippen LogP contribution in [0.5, 0.6) is 0 Å². The van der Waals surface area contributed by atoms with Gasteiger partial charge in [-0.25, -0.2) is 22.2 Å². The second kappa shape index (κ2) is 7.29. The predicted molar refractivity (Wildman–Crippen MR) is 106 cm³/mol. The summed E-state index contributed by atoms with van der Waals surface area (Å²) in [5, 5.41) is 0.465. The van der Waals surface area contributed by atoms with Crippen molar-refractivity contribution in [1.82, 2.24) is 19.3 Å². The molecule has 0 spiro atoms. The molecule has 4 rings (SSSR count). The van der Waals surface area contributed by atoms with Crippen molar-refractivity contribution in [2.75, 3.05) is 24.6 Å². The predicted octanol–water partition coefficient (Wildman–Crippen LogP) is 3.32. The maximum absolute atomic E-state index is 13.0. The molecule has 3 aromatic heterocycles. The third-order valence-corrected chi connectivity index (χ3v) is 8.33. The lowest BCUT2D eigenvalue weighted by Gasteiger charge is -2.40. The molecule has 0 radical (unpaired) electrons. The molecule has 12 heteroatoms. The van der Waals surface area contributed by atoms with E-state index in [1.807, 2.05) is 0 Å². The van der Waals surface area contributed by atoms with Gasteiger partial charge in [0.2, 0.25) is 10.0 Å². The lowest BCUT2D eigenvalue weighted by molar-refractivity contribution is 0.147. The molecule has 156 valence electrons. The molecule has 3 aromatic rings. The Morgan fingerprint density at radius 3 is 2.48 bits per heavy atom. The van der Waals surface area contributed by atoms with Gasteiger partial charge in [0.05, 0.1) is 22.9 Å². The number of hydrogen-bond donors (Lipinski definition) is 3. The zero-order valence-corrected chi connectivity index (χ0v) is 16.6. The fourth-order valence-corrected chi connectivity index (χ4v) is 6.03. The van der Waals surface area contributed by atoms with E-state index >= 15 is 0 Å². The summed E-state index contributed by atoms with van der Waals surface area (Å²) in [5.41, 5.74) is 1.01. The van der Waals surface area contributed by atoms with Gasteiger partial charge in [0.15, 0.2) is 0 Å². The number of halogens is 2. The molecule has 0 aromatic carbocycles. The molecule has 0 bridgehead atoms. The van der Waals surface area contributed by atoms with E-state index < -0.39 is 27.0 Å². The van der Waals surface area contributed by atoms with Crippen LogP contribution in [0.4, 0.5) is 8.78 Å². The van der Waals surface area contributed by atoms with Gasteiger partial charge in [-0.05, 0) is 24.3 Å². The average molecular weight is 444 g/mol. The highest BCUT2D eigenvalue weighted by Gasteiger charge is 2.31. The maximum Gasteiger partial charge on any atom is 0.278 e. The number of pyridine rings is 2. The van der Waals surface area contributed by atoms with Gasteiger partial charge in [-0.1, -0.05) is 0 Å². The Morgan fingerprint density at radius 2 is 1.86 bits per heavy atom. The molecule has 1 aliphatic rings. The molecule has 1 fully saturated rings. The van der Waals surface area contributed by atoms with E-state index in [4.69, 9.17) is 0 Å². The number of rotatable bonds is 4. The van der Waals surface area contributed by atoms with E-state index in [0.717, 1.165) is 0 Å². The summed E-state index contributed by atoms with van der Waals surface area (Å²) in [7, 11) is -6.53. The molecule has 3 N–H and O–H groups in total. The minimum absolute atomic E-state index is 0.00665. The van der Waals surface area contributed by atoms with Crippen molar-refractivity contribution in [3.05, 3.63) is 42.4 Å². The number of aromatic nitrogens is 3. The van der Waals surface area contributed by atoms with Crippen molar-refractivity contribution in [3.8, 4) is 11.3 Å². The first-order valence-corrected chi connectivity index (χ1v) is 12.0. The van der Waals surface area contributed by atoms with Gasteiger partial charge in [-0.3, -0.25) is 14.1 Å². The molecule has 4 heterocycles. The standard InChI is InChI=1S/C17H18F2N4O4S2/c18-16(19)15-9-13-12(3-4-20-17(13)22-15)14-2-1-11(10-21-14)29(26,27)23-5-7-28(24,25)8-6-23/h1-4,9-10,16,24-25H,5-8H2,(H,20,22). The van der Waals surface area contributed by atoms with Gasteiger partial charge in [0, 0.05) is 36.4 Å². The first-order valence-electron chi connectivity index (χ1n) is 8.63. The summed E-state index contributed by atoms with van der Waals surface area (Å²) in [6.07, 6.45) is 0.00646. The summed E-state index contributed by atoms with van der Waals surface area (Å²) >= 11 is 0. The molecule has 8 nitrogen and oxygen atoms in total. The highest BCUT2D eigenvalue weighted by molar-refractivity contribution is 8.24. The Hall–Kier alpha value is -2.12. The van der Waals surface area contributed by atoms with Crippen molar-refractivity contribution in [2.45, 2.75) is 11.3 Å². The van der Waals surface area contributed by atoms with Crippen LogP contribution in [0.3, 0.4) is 0 Å². The number of hydrogen-bond acceptors (Lipinski definition) is 6. The summed E-state index contributed by atoms with van der Waals surface area (Å²) in [6, 6.07) is 5.84. The minimum atomic E-state index is -3.82. The maximum atomic E-state index is 13.0. The SMILES string of the molecule is O=S(=O)(c1ccc(-c2ccnc3[nH]c(C(F)F)cc23)nc1)N1CCS(O)(O)CC1. The number of aromatic amines is 1. The van der Waals surface area contributed by atoms with Crippen LogP contribution in [-0.2, 0) is 10.0 Å². The van der Waals surface area contributed by atoms with Crippen LogP contribution < -0.4 is 0 Å². The molecule has 0 unspecified atom stereocenters. The molecule has 1 aliphatic heterocycles. The normalized spacial score (nSPS) is 18.9. The average Bonchev–Trinajstić information content (AvgIpc) is 3.12. The van der Waals surface area contributed by atoms with Crippen LogP contribution in [-0.4, -0.2) is 61.4 Å². The topological polar surface area (TPSA) is 119 Å². The monoisotopic (exact) mass is 444 g/mol. The third kappa shape index (κ3) is 3.85. The van der Waals surface area contributed by atoms with Crippen molar-refractivity contribution < 1.29 is 26.3 Å². The van der Waals surface area contributed by atoms with Crippen LogP contribution in [0.2, 0.25) is 0 Å². The molecule has 0 amide bonds.